The molecule has 0 saturated carbocycles. The molecule has 0 aromatic heterocycles. The Morgan fingerprint density at radius 3 is 2.42 bits per heavy atom. The van der Waals surface area contributed by atoms with Gasteiger partial charge in [0.2, 0.25) is 5.91 Å². The van der Waals surface area contributed by atoms with Gasteiger partial charge >= 0.3 is 12.0 Å². The van der Waals surface area contributed by atoms with Gasteiger partial charge in [0.15, 0.2) is 0 Å². The molecule has 31 heavy (non-hydrogen) atoms. The van der Waals surface area contributed by atoms with Crippen molar-refractivity contribution >= 4 is 23.8 Å². The number of aliphatic carboxylic acids is 1. The van der Waals surface area contributed by atoms with Crippen LogP contribution in [0.25, 0.3) is 0 Å². The van der Waals surface area contributed by atoms with Gasteiger partial charge in [0.05, 0.1) is 0 Å². The smallest absolute Gasteiger partial charge is 0.327 e. The Balaban J connectivity index is 1.35. The highest BCUT2D eigenvalue weighted by molar-refractivity contribution is 6.05. The predicted molar refractivity (Wildman–Crippen MR) is 111 cm³/mol. The van der Waals surface area contributed by atoms with E-state index in [1.165, 1.54) is 4.90 Å². The molecular weight excluding hydrogens is 398 g/mol. The number of carboxylic acid groups (broad SMARTS) is 1. The minimum atomic E-state index is -1.14. The van der Waals surface area contributed by atoms with E-state index in [4.69, 9.17) is 0 Å². The van der Waals surface area contributed by atoms with Gasteiger partial charge < -0.3 is 15.3 Å². The van der Waals surface area contributed by atoms with E-state index in [9.17, 15) is 24.3 Å². The third kappa shape index (κ3) is 4.28. The van der Waals surface area contributed by atoms with Gasteiger partial charge in [-0.1, -0.05) is 54.6 Å². The van der Waals surface area contributed by atoms with Gasteiger partial charge in [-0.05, 0) is 16.7 Å². The van der Waals surface area contributed by atoms with E-state index in [1.807, 2.05) is 30.3 Å². The van der Waals surface area contributed by atoms with Gasteiger partial charge in [0.1, 0.15) is 12.1 Å². The molecular formula is C23H23N3O5. The van der Waals surface area contributed by atoms with Crippen molar-refractivity contribution in [2.75, 3.05) is 6.54 Å². The second-order valence-electron chi connectivity index (χ2n) is 7.79. The van der Waals surface area contributed by atoms with Crippen LogP contribution in [0.2, 0.25) is 0 Å². The molecule has 2 heterocycles. The van der Waals surface area contributed by atoms with Gasteiger partial charge in [-0.25, -0.2) is 9.59 Å². The summed E-state index contributed by atoms with van der Waals surface area (Å²) in [6.07, 6.45) is 0.461. The van der Waals surface area contributed by atoms with Crippen LogP contribution in [0.1, 0.15) is 23.1 Å². The van der Waals surface area contributed by atoms with Crippen molar-refractivity contribution < 1.29 is 24.3 Å². The topological polar surface area (TPSA) is 107 Å². The van der Waals surface area contributed by atoms with E-state index in [0.717, 1.165) is 21.6 Å². The average Bonchev–Trinajstić information content (AvgIpc) is 3.00. The van der Waals surface area contributed by atoms with Crippen LogP contribution in [0.4, 0.5) is 4.79 Å². The average molecular weight is 421 g/mol. The number of imide groups is 1. The number of nitrogens with one attached hydrogen (secondary N) is 1. The number of carboxylic acids is 1. The maximum atomic E-state index is 12.8. The van der Waals surface area contributed by atoms with Crippen molar-refractivity contribution in [1.82, 2.24) is 15.1 Å². The Bertz CT molecular complexity index is 980. The standard InChI is InChI=1S/C23H23N3O5/c27-20(24-18(22(29)30)12-15-6-2-1-3-7-15)10-11-25-21(28)19-13-16-8-4-5-9-17(16)14-26(19)23(25)31/h1-9,18-19H,10-14H2,(H,24,27)(H,29,30)/t18-,19+/m1/s1. The van der Waals surface area contributed by atoms with E-state index in [0.29, 0.717) is 13.0 Å². The lowest BCUT2D eigenvalue weighted by molar-refractivity contribution is -0.142. The number of amides is 4. The molecule has 2 N–H and O–H groups in total. The Labute approximate surface area is 179 Å². The molecule has 2 aliphatic heterocycles. The minimum absolute atomic E-state index is 0.0788. The highest BCUT2D eigenvalue weighted by Crippen LogP contribution is 2.29. The number of carbonyl (C=O) groups is 4. The molecule has 8 heteroatoms. The monoisotopic (exact) mass is 421 g/mol. The number of urea groups is 1. The number of rotatable bonds is 7. The highest BCUT2D eigenvalue weighted by Gasteiger charge is 2.46. The zero-order valence-corrected chi connectivity index (χ0v) is 16.9. The van der Waals surface area contributed by atoms with Crippen LogP contribution in [0.3, 0.4) is 0 Å². The SMILES string of the molecule is O=C(CCN1C(=O)[C@@H]2Cc3ccccc3CN2C1=O)N[C@H](Cc1ccccc1)C(=O)O. The number of hydrogen-bond donors (Lipinski definition) is 2. The Morgan fingerprint density at radius 2 is 1.71 bits per heavy atom. The molecule has 1 saturated heterocycles. The first-order valence-corrected chi connectivity index (χ1v) is 10.2. The molecule has 0 aliphatic carbocycles. The van der Waals surface area contributed by atoms with E-state index < -0.39 is 30.0 Å². The van der Waals surface area contributed by atoms with Crippen molar-refractivity contribution in [3.63, 3.8) is 0 Å². The molecule has 4 amide bonds. The van der Waals surface area contributed by atoms with Gasteiger partial charge in [-0.2, -0.15) is 0 Å². The Kier molecular flexibility index (Phi) is 5.70. The fourth-order valence-electron chi connectivity index (χ4n) is 4.11. The Hall–Kier alpha value is -3.68. The van der Waals surface area contributed by atoms with Crippen LogP contribution in [0.5, 0.6) is 0 Å². The minimum Gasteiger partial charge on any atom is -0.480 e. The predicted octanol–water partition coefficient (Wildman–Crippen LogP) is 1.58. The van der Waals surface area contributed by atoms with E-state index >= 15 is 0 Å². The van der Waals surface area contributed by atoms with Gasteiger partial charge in [0, 0.05) is 32.4 Å². The molecule has 0 unspecified atom stereocenters. The summed E-state index contributed by atoms with van der Waals surface area (Å²) in [5, 5.41) is 11.9. The molecule has 1 fully saturated rings. The van der Waals surface area contributed by atoms with Gasteiger partial charge in [0.25, 0.3) is 5.91 Å². The molecule has 0 bridgehead atoms. The quantitative estimate of drug-likeness (QED) is 0.660. The second-order valence-corrected chi connectivity index (χ2v) is 7.79. The molecule has 2 atom stereocenters. The summed E-state index contributed by atoms with van der Waals surface area (Å²) in [4.78, 5) is 52.1. The number of fused-ring (bicyclic) bond motifs is 2. The van der Waals surface area contributed by atoms with Crippen molar-refractivity contribution in [3.05, 3.63) is 71.3 Å². The molecule has 8 nitrogen and oxygen atoms in total. The van der Waals surface area contributed by atoms with E-state index in [2.05, 4.69) is 5.32 Å². The molecule has 2 aromatic carbocycles. The third-order valence-corrected chi connectivity index (χ3v) is 5.75. The van der Waals surface area contributed by atoms with Crippen LogP contribution >= 0.6 is 0 Å². The second kappa shape index (κ2) is 8.59. The van der Waals surface area contributed by atoms with Crippen LogP contribution < -0.4 is 5.32 Å². The first-order valence-electron chi connectivity index (χ1n) is 10.2. The largest absolute Gasteiger partial charge is 0.480 e. The number of nitrogens with zero attached hydrogens (tertiary/aromatic N) is 2. The third-order valence-electron chi connectivity index (χ3n) is 5.75. The fraction of sp³-hybridized carbons (Fsp3) is 0.304. The summed E-state index contributed by atoms with van der Waals surface area (Å²) in [6.45, 7) is 0.288. The normalized spacial score (nSPS) is 18.4. The zero-order chi connectivity index (χ0) is 22.0. The van der Waals surface area contributed by atoms with Gasteiger partial charge in [-0.15, -0.1) is 0 Å². The van der Waals surface area contributed by atoms with Crippen LogP contribution in [0, 0.1) is 0 Å². The summed E-state index contributed by atoms with van der Waals surface area (Å²) in [7, 11) is 0. The number of carbonyl (C=O) groups excluding carboxylic acids is 3. The lowest BCUT2D eigenvalue weighted by Crippen LogP contribution is -2.44. The maximum absolute atomic E-state index is 12.8. The fourth-order valence-corrected chi connectivity index (χ4v) is 4.11. The van der Waals surface area contributed by atoms with Crippen molar-refractivity contribution in [2.45, 2.75) is 37.9 Å². The lowest BCUT2D eigenvalue weighted by Gasteiger charge is -2.28. The van der Waals surface area contributed by atoms with E-state index in [1.54, 1.807) is 24.3 Å². The number of benzene rings is 2. The molecule has 2 aromatic rings. The van der Waals surface area contributed by atoms with Gasteiger partial charge in [-0.3, -0.25) is 14.5 Å². The molecule has 0 spiro atoms. The molecule has 0 radical (unpaired) electrons. The van der Waals surface area contributed by atoms with Crippen molar-refractivity contribution in [1.29, 1.82) is 0 Å². The Morgan fingerprint density at radius 1 is 1.03 bits per heavy atom. The summed E-state index contributed by atoms with van der Waals surface area (Å²) in [5.74, 6) is -1.97. The van der Waals surface area contributed by atoms with Crippen molar-refractivity contribution in [3.8, 4) is 0 Å². The van der Waals surface area contributed by atoms with Crippen LogP contribution in [-0.4, -0.2) is 57.3 Å². The summed E-state index contributed by atoms with van der Waals surface area (Å²) >= 11 is 0. The highest BCUT2D eigenvalue weighted by atomic mass is 16.4. The van der Waals surface area contributed by atoms with Crippen LogP contribution in [-0.2, 0) is 33.8 Å². The zero-order valence-electron chi connectivity index (χ0n) is 16.9. The molecule has 2 aliphatic rings. The summed E-state index contributed by atoms with van der Waals surface area (Å²) in [5.41, 5.74) is 2.86. The summed E-state index contributed by atoms with van der Waals surface area (Å²) in [6, 6.07) is 14.7. The van der Waals surface area contributed by atoms with Crippen molar-refractivity contribution in [2.24, 2.45) is 0 Å². The van der Waals surface area contributed by atoms with E-state index in [-0.39, 0.29) is 25.3 Å². The maximum Gasteiger partial charge on any atom is 0.327 e. The first-order chi connectivity index (χ1) is 14.9. The molecule has 4 rings (SSSR count). The first kappa shape index (κ1) is 20.6. The lowest BCUT2D eigenvalue weighted by atomic mass is 9.95. The van der Waals surface area contributed by atoms with Crippen LogP contribution in [0.15, 0.2) is 54.6 Å². The number of hydrogen-bond acceptors (Lipinski definition) is 4. The molecule has 160 valence electrons. The summed E-state index contributed by atoms with van der Waals surface area (Å²) < 4.78 is 0.